The van der Waals surface area contributed by atoms with Crippen molar-refractivity contribution >= 4 is 21.6 Å². The lowest BCUT2D eigenvalue weighted by molar-refractivity contribution is 0.393. The summed E-state index contributed by atoms with van der Waals surface area (Å²) in [6.45, 7) is 2.77. The topological polar surface area (TPSA) is 34.1 Å². The van der Waals surface area contributed by atoms with Crippen molar-refractivity contribution in [2.24, 2.45) is 0 Å². The minimum Gasteiger partial charge on any atom is -0.481 e. The maximum absolute atomic E-state index is 5.23. The van der Waals surface area contributed by atoms with E-state index >= 15 is 0 Å². The molecule has 4 heteroatoms. The zero-order valence-corrected chi connectivity index (χ0v) is 12.0. The molecule has 0 aliphatic carbocycles. The molecule has 0 saturated heterocycles. The first kappa shape index (κ1) is 12.9. The van der Waals surface area contributed by atoms with Crippen LogP contribution >= 0.6 is 15.9 Å². The molecule has 0 aliphatic heterocycles. The predicted molar refractivity (Wildman–Crippen MR) is 77.0 cm³/mol. The summed E-state index contributed by atoms with van der Waals surface area (Å²) >= 11 is 3.47. The smallest absolute Gasteiger partial charge is 0.218 e. The third-order valence-electron chi connectivity index (χ3n) is 2.71. The van der Waals surface area contributed by atoms with E-state index in [1.54, 1.807) is 13.3 Å². The van der Waals surface area contributed by atoms with Gasteiger partial charge in [0.05, 0.1) is 7.11 Å². The Morgan fingerprint density at radius 3 is 2.94 bits per heavy atom. The van der Waals surface area contributed by atoms with E-state index in [-0.39, 0.29) is 0 Å². The molecule has 2 rings (SSSR count). The second-order valence-corrected chi connectivity index (χ2v) is 4.90. The summed E-state index contributed by atoms with van der Waals surface area (Å²) in [5.74, 6) is 0.664. The number of hydrogen-bond donors (Lipinski definition) is 1. The summed E-state index contributed by atoms with van der Waals surface area (Å²) in [4.78, 5) is 4.18. The van der Waals surface area contributed by atoms with Gasteiger partial charge in [0.1, 0.15) is 0 Å². The number of halogens is 1. The van der Waals surface area contributed by atoms with Crippen molar-refractivity contribution in [2.75, 3.05) is 12.4 Å². The molecule has 18 heavy (non-hydrogen) atoms. The van der Waals surface area contributed by atoms with Gasteiger partial charge in [-0.3, -0.25) is 0 Å². The van der Waals surface area contributed by atoms with Gasteiger partial charge in [-0.15, -0.1) is 0 Å². The van der Waals surface area contributed by atoms with E-state index in [9.17, 15) is 0 Å². The Kier molecular flexibility index (Phi) is 4.20. The quantitative estimate of drug-likeness (QED) is 0.933. The van der Waals surface area contributed by atoms with Crippen LogP contribution in [0, 0.1) is 6.92 Å². The molecule has 0 aliphatic rings. The summed E-state index contributed by atoms with van der Waals surface area (Å²) in [6.07, 6.45) is 1.73. The summed E-state index contributed by atoms with van der Waals surface area (Å²) in [7, 11) is 1.64. The number of nitrogens with zero attached hydrogens (tertiary/aromatic N) is 1. The third kappa shape index (κ3) is 3.01. The summed E-state index contributed by atoms with van der Waals surface area (Å²) in [6, 6.07) is 10.1. The van der Waals surface area contributed by atoms with E-state index < -0.39 is 0 Å². The van der Waals surface area contributed by atoms with Crippen LogP contribution in [0.5, 0.6) is 5.88 Å². The Morgan fingerprint density at radius 2 is 2.17 bits per heavy atom. The molecular formula is C14H15BrN2O. The van der Waals surface area contributed by atoms with Crippen LogP contribution in [0.2, 0.25) is 0 Å². The van der Waals surface area contributed by atoms with E-state index in [4.69, 9.17) is 4.74 Å². The molecule has 94 valence electrons. The number of aromatic nitrogens is 1. The van der Waals surface area contributed by atoms with Crippen LogP contribution < -0.4 is 10.1 Å². The first-order valence-corrected chi connectivity index (χ1v) is 6.48. The highest BCUT2D eigenvalue weighted by Crippen LogP contribution is 2.22. The van der Waals surface area contributed by atoms with Gasteiger partial charge in [-0.05, 0) is 30.7 Å². The van der Waals surface area contributed by atoms with Crippen LogP contribution in [0.4, 0.5) is 5.69 Å². The van der Waals surface area contributed by atoms with Gasteiger partial charge in [-0.2, -0.15) is 0 Å². The van der Waals surface area contributed by atoms with Crippen molar-refractivity contribution in [3.8, 4) is 5.88 Å². The number of benzene rings is 1. The Bertz CT molecular complexity index is 543. The Balaban J connectivity index is 2.14. The minimum atomic E-state index is 0.664. The highest BCUT2D eigenvalue weighted by molar-refractivity contribution is 9.10. The molecule has 2 aromatic rings. The van der Waals surface area contributed by atoms with Crippen molar-refractivity contribution in [1.82, 2.24) is 4.98 Å². The number of ether oxygens (including phenoxy) is 1. The van der Waals surface area contributed by atoms with Crippen molar-refractivity contribution in [2.45, 2.75) is 13.5 Å². The van der Waals surface area contributed by atoms with E-state index in [1.807, 2.05) is 18.2 Å². The van der Waals surface area contributed by atoms with Crippen LogP contribution in [0.15, 0.2) is 41.0 Å². The van der Waals surface area contributed by atoms with Gasteiger partial charge in [0.2, 0.25) is 5.88 Å². The number of hydrogen-bond acceptors (Lipinski definition) is 3. The van der Waals surface area contributed by atoms with Crippen molar-refractivity contribution < 1.29 is 4.74 Å². The van der Waals surface area contributed by atoms with E-state index in [0.29, 0.717) is 12.4 Å². The molecule has 0 fully saturated rings. The maximum Gasteiger partial charge on any atom is 0.218 e. The fraction of sp³-hybridized carbons (Fsp3) is 0.214. The number of aryl methyl sites for hydroxylation is 1. The Morgan fingerprint density at radius 1 is 1.33 bits per heavy atom. The number of pyridine rings is 1. The molecule has 1 aromatic heterocycles. The first-order chi connectivity index (χ1) is 8.70. The average Bonchev–Trinajstić information content (AvgIpc) is 2.40. The number of anilines is 1. The molecule has 0 spiro atoms. The highest BCUT2D eigenvalue weighted by Gasteiger charge is 2.04. The van der Waals surface area contributed by atoms with Crippen LogP contribution in [0.3, 0.4) is 0 Å². The normalized spacial score (nSPS) is 10.2. The van der Waals surface area contributed by atoms with E-state index in [0.717, 1.165) is 15.7 Å². The number of rotatable bonds is 4. The molecule has 0 atom stereocenters. The molecular weight excluding hydrogens is 292 g/mol. The number of methoxy groups -OCH3 is 1. The molecule has 3 nitrogen and oxygen atoms in total. The Hall–Kier alpha value is -1.55. The lowest BCUT2D eigenvalue weighted by Crippen LogP contribution is -2.03. The molecule has 0 amide bonds. The summed E-state index contributed by atoms with van der Waals surface area (Å²) in [5, 5.41) is 3.39. The second kappa shape index (κ2) is 5.87. The summed E-state index contributed by atoms with van der Waals surface area (Å²) < 4.78 is 6.29. The van der Waals surface area contributed by atoms with Gasteiger partial charge in [-0.1, -0.05) is 28.1 Å². The van der Waals surface area contributed by atoms with E-state index in [2.05, 4.69) is 45.3 Å². The summed E-state index contributed by atoms with van der Waals surface area (Å²) in [5.41, 5.74) is 3.36. The van der Waals surface area contributed by atoms with Crippen molar-refractivity contribution in [3.05, 3.63) is 52.1 Å². The molecule has 1 heterocycles. The minimum absolute atomic E-state index is 0.664. The molecule has 0 saturated carbocycles. The monoisotopic (exact) mass is 306 g/mol. The van der Waals surface area contributed by atoms with Crippen LogP contribution in [-0.2, 0) is 6.54 Å². The standard InChI is InChI=1S/C14H15BrN2O/c1-10-5-6-12(15)8-13(10)17-9-11-4-3-7-16-14(11)18-2/h3-8,17H,9H2,1-2H3. The zero-order chi connectivity index (χ0) is 13.0. The van der Waals surface area contributed by atoms with E-state index in [1.165, 1.54) is 5.56 Å². The van der Waals surface area contributed by atoms with Crippen LogP contribution in [0.25, 0.3) is 0 Å². The molecule has 0 radical (unpaired) electrons. The lowest BCUT2D eigenvalue weighted by Gasteiger charge is -2.11. The number of nitrogens with one attached hydrogen (secondary N) is 1. The Labute approximate surface area is 115 Å². The molecule has 1 aromatic carbocycles. The van der Waals surface area contributed by atoms with Gasteiger partial charge in [0.25, 0.3) is 0 Å². The molecule has 1 N–H and O–H groups in total. The predicted octanol–water partition coefficient (Wildman–Crippen LogP) is 3.77. The van der Waals surface area contributed by atoms with Gasteiger partial charge in [0.15, 0.2) is 0 Å². The first-order valence-electron chi connectivity index (χ1n) is 5.68. The SMILES string of the molecule is COc1ncccc1CNc1cc(Br)ccc1C. The fourth-order valence-corrected chi connectivity index (χ4v) is 2.08. The third-order valence-corrected chi connectivity index (χ3v) is 3.21. The lowest BCUT2D eigenvalue weighted by atomic mass is 10.2. The largest absolute Gasteiger partial charge is 0.481 e. The maximum atomic E-state index is 5.23. The van der Waals surface area contributed by atoms with Crippen molar-refractivity contribution in [3.63, 3.8) is 0 Å². The molecule has 0 bridgehead atoms. The van der Waals surface area contributed by atoms with Crippen LogP contribution in [0.1, 0.15) is 11.1 Å². The fourth-order valence-electron chi connectivity index (χ4n) is 1.72. The second-order valence-electron chi connectivity index (χ2n) is 3.98. The van der Waals surface area contributed by atoms with Gasteiger partial charge >= 0.3 is 0 Å². The molecule has 0 unspecified atom stereocenters. The zero-order valence-electron chi connectivity index (χ0n) is 10.4. The van der Waals surface area contributed by atoms with Gasteiger partial charge in [-0.25, -0.2) is 4.98 Å². The highest BCUT2D eigenvalue weighted by atomic mass is 79.9. The van der Waals surface area contributed by atoms with Gasteiger partial charge in [0, 0.05) is 28.5 Å². The van der Waals surface area contributed by atoms with Crippen LogP contribution in [-0.4, -0.2) is 12.1 Å². The van der Waals surface area contributed by atoms with Crippen molar-refractivity contribution in [1.29, 1.82) is 0 Å². The average molecular weight is 307 g/mol. The van der Waals surface area contributed by atoms with Gasteiger partial charge < -0.3 is 10.1 Å².